The van der Waals surface area contributed by atoms with E-state index in [1.807, 2.05) is 24.3 Å². The standard InChI is InChI=1S/C13H14IN3O2S/c14-10-3-1-9(2-4-10)13-12(15)7-17(16-13)11-5-6-20(18,19)8-11/h1-4,7,11H,5-6,8,15H2. The van der Waals surface area contributed by atoms with E-state index in [9.17, 15) is 8.42 Å². The Kier molecular flexibility index (Phi) is 3.49. The maximum absolute atomic E-state index is 11.5. The van der Waals surface area contributed by atoms with Gasteiger partial charge in [0.1, 0.15) is 5.69 Å². The van der Waals surface area contributed by atoms with Crippen molar-refractivity contribution in [1.29, 1.82) is 0 Å². The fourth-order valence-electron chi connectivity index (χ4n) is 2.41. The quantitative estimate of drug-likeness (QED) is 0.780. The average molecular weight is 403 g/mol. The summed E-state index contributed by atoms with van der Waals surface area (Å²) in [6.45, 7) is 0. The molecule has 1 aliphatic heterocycles. The second-order valence-electron chi connectivity index (χ2n) is 4.98. The molecule has 1 saturated heterocycles. The lowest BCUT2D eigenvalue weighted by Crippen LogP contribution is -2.11. The predicted molar refractivity (Wildman–Crippen MR) is 87.1 cm³/mol. The number of sulfone groups is 1. The van der Waals surface area contributed by atoms with Crippen molar-refractivity contribution in [3.63, 3.8) is 0 Å². The number of hydrogen-bond donors (Lipinski definition) is 1. The van der Waals surface area contributed by atoms with Gasteiger partial charge in [0, 0.05) is 15.3 Å². The first-order chi connectivity index (χ1) is 9.44. The third kappa shape index (κ3) is 2.69. The van der Waals surface area contributed by atoms with Crippen LogP contribution in [0.25, 0.3) is 11.3 Å². The molecular weight excluding hydrogens is 389 g/mol. The number of rotatable bonds is 2. The van der Waals surface area contributed by atoms with Crippen LogP contribution in [-0.4, -0.2) is 29.7 Å². The van der Waals surface area contributed by atoms with Gasteiger partial charge >= 0.3 is 0 Å². The average Bonchev–Trinajstić information content (AvgIpc) is 2.94. The van der Waals surface area contributed by atoms with E-state index in [0.717, 1.165) is 9.13 Å². The zero-order valence-corrected chi connectivity index (χ0v) is 13.6. The van der Waals surface area contributed by atoms with Gasteiger partial charge in [0.2, 0.25) is 0 Å². The van der Waals surface area contributed by atoms with Crippen LogP contribution in [0.1, 0.15) is 12.5 Å². The number of halogens is 1. The highest BCUT2D eigenvalue weighted by Gasteiger charge is 2.30. The summed E-state index contributed by atoms with van der Waals surface area (Å²) in [4.78, 5) is 0. The van der Waals surface area contributed by atoms with Crippen LogP contribution in [0.15, 0.2) is 30.5 Å². The second-order valence-corrected chi connectivity index (χ2v) is 8.45. The van der Waals surface area contributed by atoms with Gasteiger partial charge in [-0.3, -0.25) is 4.68 Å². The van der Waals surface area contributed by atoms with Crippen LogP contribution in [-0.2, 0) is 9.84 Å². The minimum absolute atomic E-state index is 0.0973. The Morgan fingerprint density at radius 2 is 2.00 bits per heavy atom. The first-order valence-corrected chi connectivity index (χ1v) is 9.16. The van der Waals surface area contributed by atoms with Crippen molar-refractivity contribution >= 4 is 38.1 Å². The van der Waals surface area contributed by atoms with Crippen LogP contribution < -0.4 is 5.73 Å². The van der Waals surface area contributed by atoms with E-state index in [-0.39, 0.29) is 17.5 Å². The molecular formula is C13H14IN3O2S. The van der Waals surface area contributed by atoms with Gasteiger partial charge in [-0.05, 0) is 41.1 Å². The molecule has 0 bridgehead atoms. The smallest absolute Gasteiger partial charge is 0.152 e. The van der Waals surface area contributed by atoms with E-state index in [2.05, 4.69) is 27.7 Å². The lowest BCUT2D eigenvalue weighted by Gasteiger charge is -2.07. The summed E-state index contributed by atoms with van der Waals surface area (Å²) in [5.74, 6) is 0.385. The van der Waals surface area contributed by atoms with Crippen molar-refractivity contribution in [3.8, 4) is 11.3 Å². The summed E-state index contributed by atoms with van der Waals surface area (Å²) in [6.07, 6.45) is 2.34. The van der Waals surface area contributed by atoms with Crippen LogP contribution >= 0.6 is 22.6 Å². The van der Waals surface area contributed by atoms with E-state index < -0.39 is 9.84 Å². The zero-order valence-electron chi connectivity index (χ0n) is 10.7. The highest BCUT2D eigenvalue weighted by molar-refractivity contribution is 14.1. The van der Waals surface area contributed by atoms with Gasteiger partial charge in [-0.25, -0.2) is 8.42 Å². The fourth-order valence-corrected chi connectivity index (χ4v) is 4.47. The first-order valence-electron chi connectivity index (χ1n) is 6.25. The van der Waals surface area contributed by atoms with Crippen molar-refractivity contribution < 1.29 is 8.42 Å². The summed E-state index contributed by atoms with van der Waals surface area (Å²) in [7, 11) is -2.92. The molecule has 1 aliphatic rings. The molecule has 1 aromatic heterocycles. The van der Waals surface area contributed by atoms with Gasteiger partial charge in [0.15, 0.2) is 9.84 Å². The molecule has 5 nitrogen and oxygen atoms in total. The Hall–Kier alpha value is -1.09. The van der Waals surface area contributed by atoms with Crippen molar-refractivity contribution in [2.24, 2.45) is 0 Å². The molecule has 3 rings (SSSR count). The van der Waals surface area contributed by atoms with Crippen LogP contribution in [0.5, 0.6) is 0 Å². The predicted octanol–water partition coefficient (Wildman–Crippen LogP) is 2.10. The van der Waals surface area contributed by atoms with E-state index in [1.54, 1.807) is 10.9 Å². The van der Waals surface area contributed by atoms with Crippen molar-refractivity contribution in [2.75, 3.05) is 17.2 Å². The Labute approximate surface area is 131 Å². The molecule has 7 heteroatoms. The highest BCUT2D eigenvalue weighted by Crippen LogP contribution is 2.29. The minimum Gasteiger partial charge on any atom is -0.396 e. The van der Waals surface area contributed by atoms with Gasteiger partial charge in [0.05, 0.1) is 23.2 Å². The summed E-state index contributed by atoms with van der Waals surface area (Å²) in [6, 6.07) is 7.83. The molecule has 0 spiro atoms. The molecule has 1 unspecified atom stereocenters. The summed E-state index contributed by atoms with van der Waals surface area (Å²) in [5.41, 5.74) is 8.25. The number of nitrogen functional groups attached to an aromatic ring is 1. The van der Waals surface area contributed by atoms with Gasteiger partial charge in [-0.2, -0.15) is 5.10 Å². The number of nitrogens with two attached hydrogens (primary N) is 1. The molecule has 1 fully saturated rings. The minimum atomic E-state index is -2.92. The molecule has 106 valence electrons. The lowest BCUT2D eigenvalue weighted by atomic mass is 10.1. The molecule has 2 N–H and O–H groups in total. The summed E-state index contributed by atoms with van der Waals surface area (Å²) >= 11 is 2.24. The molecule has 2 aromatic rings. The van der Waals surface area contributed by atoms with Crippen molar-refractivity contribution in [2.45, 2.75) is 12.5 Å². The Morgan fingerprint density at radius 1 is 1.30 bits per heavy atom. The molecule has 2 heterocycles. The van der Waals surface area contributed by atoms with Crippen molar-refractivity contribution in [3.05, 3.63) is 34.0 Å². The molecule has 20 heavy (non-hydrogen) atoms. The molecule has 0 radical (unpaired) electrons. The number of aromatic nitrogens is 2. The van der Waals surface area contributed by atoms with Crippen LogP contribution in [0, 0.1) is 3.57 Å². The SMILES string of the molecule is Nc1cn(C2CCS(=O)(=O)C2)nc1-c1ccc(I)cc1. The monoisotopic (exact) mass is 403 g/mol. The van der Waals surface area contributed by atoms with E-state index >= 15 is 0 Å². The fraction of sp³-hybridized carbons (Fsp3) is 0.308. The normalized spacial score (nSPS) is 21.1. The van der Waals surface area contributed by atoms with Crippen molar-refractivity contribution in [1.82, 2.24) is 9.78 Å². The van der Waals surface area contributed by atoms with Gasteiger partial charge in [-0.1, -0.05) is 12.1 Å². The number of hydrogen-bond acceptors (Lipinski definition) is 4. The maximum Gasteiger partial charge on any atom is 0.152 e. The molecule has 0 amide bonds. The Morgan fingerprint density at radius 3 is 2.60 bits per heavy atom. The largest absolute Gasteiger partial charge is 0.396 e. The number of nitrogens with zero attached hydrogens (tertiary/aromatic N) is 2. The highest BCUT2D eigenvalue weighted by atomic mass is 127. The first kappa shape index (κ1) is 13.9. The van der Waals surface area contributed by atoms with Gasteiger partial charge < -0.3 is 5.73 Å². The molecule has 0 saturated carbocycles. The van der Waals surface area contributed by atoms with Crippen LogP contribution in [0.3, 0.4) is 0 Å². The van der Waals surface area contributed by atoms with Gasteiger partial charge in [0.25, 0.3) is 0 Å². The molecule has 1 atom stereocenters. The lowest BCUT2D eigenvalue weighted by molar-refractivity contribution is 0.501. The Bertz CT molecular complexity index is 737. The molecule has 0 aliphatic carbocycles. The maximum atomic E-state index is 11.5. The third-order valence-electron chi connectivity index (χ3n) is 3.46. The summed E-state index contributed by atoms with van der Waals surface area (Å²) < 4.78 is 25.9. The number of benzene rings is 1. The summed E-state index contributed by atoms with van der Waals surface area (Å²) in [5, 5.41) is 4.48. The topological polar surface area (TPSA) is 78.0 Å². The third-order valence-corrected chi connectivity index (χ3v) is 5.93. The van der Waals surface area contributed by atoms with E-state index in [0.29, 0.717) is 17.8 Å². The van der Waals surface area contributed by atoms with E-state index in [1.165, 1.54) is 0 Å². The zero-order chi connectivity index (χ0) is 14.3. The van der Waals surface area contributed by atoms with Crippen LogP contribution in [0.2, 0.25) is 0 Å². The van der Waals surface area contributed by atoms with E-state index in [4.69, 9.17) is 5.73 Å². The molecule has 1 aromatic carbocycles. The van der Waals surface area contributed by atoms with Crippen LogP contribution in [0.4, 0.5) is 5.69 Å². The second kappa shape index (κ2) is 5.03. The number of anilines is 1. The Balaban J connectivity index is 1.94. The van der Waals surface area contributed by atoms with Gasteiger partial charge in [-0.15, -0.1) is 0 Å².